The van der Waals surface area contributed by atoms with Crippen molar-refractivity contribution in [1.82, 2.24) is 0 Å². The first-order valence-corrected chi connectivity index (χ1v) is 5.31. The maximum absolute atomic E-state index is 12.9. The molecule has 1 aromatic carbocycles. The molecule has 0 saturated carbocycles. The molecule has 88 valence electrons. The third-order valence-electron chi connectivity index (χ3n) is 2.98. The van der Waals surface area contributed by atoms with Crippen LogP contribution in [0.5, 0.6) is 5.75 Å². The highest BCUT2D eigenvalue weighted by Crippen LogP contribution is 2.31. The van der Waals surface area contributed by atoms with Crippen molar-refractivity contribution in [2.75, 3.05) is 6.61 Å². The summed E-state index contributed by atoms with van der Waals surface area (Å²) in [5.74, 6) is 0.307. The summed E-state index contributed by atoms with van der Waals surface area (Å²) in [6.45, 7) is 1.18. The van der Waals surface area contributed by atoms with Crippen LogP contribution in [0.15, 0.2) is 18.2 Å². The van der Waals surface area contributed by atoms with Crippen molar-refractivity contribution in [2.24, 2.45) is 0 Å². The van der Waals surface area contributed by atoms with E-state index in [0.717, 1.165) is 5.56 Å². The van der Waals surface area contributed by atoms with E-state index in [1.54, 1.807) is 6.07 Å². The Morgan fingerprint density at radius 1 is 1.56 bits per heavy atom. The summed E-state index contributed by atoms with van der Waals surface area (Å²) >= 11 is 0. The van der Waals surface area contributed by atoms with Crippen LogP contribution in [0.1, 0.15) is 18.9 Å². The Balaban J connectivity index is 2.21. The van der Waals surface area contributed by atoms with Gasteiger partial charge in [-0.05, 0) is 43.5 Å². The van der Waals surface area contributed by atoms with E-state index >= 15 is 0 Å². The topological polar surface area (TPSA) is 49.7 Å². The van der Waals surface area contributed by atoms with Gasteiger partial charge in [0.1, 0.15) is 23.3 Å². The molecule has 3 nitrogen and oxygen atoms in total. The summed E-state index contributed by atoms with van der Waals surface area (Å²) in [7, 11) is 0. The second-order valence-electron chi connectivity index (χ2n) is 4.41. The maximum atomic E-state index is 12.9. The monoisotopic (exact) mass is 226 g/mol. The van der Waals surface area contributed by atoms with Gasteiger partial charge in [0.05, 0.1) is 6.61 Å². The zero-order valence-corrected chi connectivity index (χ0v) is 9.11. The molecule has 4 heteroatoms. The molecule has 0 aromatic heterocycles. The van der Waals surface area contributed by atoms with Crippen molar-refractivity contribution in [1.29, 1.82) is 0 Å². The molecule has 1 aromatic rings. The molecular weight excluding hydrogens is 211 g/mol. The molecule has 0 saturated heterocycles. The quantitative estimate of drug-likeness (QED) is 0.798. The van der Waals surface area contributed by atoms with E-state index in [9.17, 15) is 9.50 Å². The third kappa shape index (κ3) is 2.03. The summed E-state index contributed by atoms with van der Waals surface area (Å²) in [4.78, 5) is 0. The van der Waals surface area contributed by atoms with Crippen LogP contribution >= 0.6 is 0 Å². The highest BCUT2D eigenvalue weighted by Gasteiger charge is 2.35. The number of aliphatic hydroxyl groups is 2. The number of aliphatic hydroxyl groups excluding tert-OH is 1. The Bertz CT molecular complexity index is 390. The highest BCUT2D eigenvalue weighted by molar-refractivity contribution is 5.36. The van der Waals surface area contributed by atoms with Gasteiger partial charge < -0.3 is 14.9 Å². The smallest absolute Gasteiger partial charge is 0.130 e. The zero-order valence-electron chi connectivity index (χ0n) is 9.11. The number of ether oxygens (including phenoxy) is 1. The summed E-state index contributed by atoms with van der Waals surface area (Å²) in [5, 5.41) is 18.9. The van der Waals surface area contributed by atoms with E-state index in [1.165, 1.54) is 19.1 Å². The lowest BCUT2D eigenvalue weighted by Gasteiger charge is -2.35. The fourth-order valence-electron chi connectivity index (χ4n) is 1.90. The normalized spacial score (nSPS) is 23.1. The van der Waals surface area contributed by atoms with E-state index in [0.29, 0.717) is 18.6 Å². The van der Waals surface area contributed by atoms with E-state index in [-0.39, 0.29) is 12.4 Å². The highest BCUT2D eigenvalue weighted by atomic mass is 19.1. The van der Waals surface area contributed by atoms with Crippen molar-refractivity contribution in [3.05, 3.63) is 29.6 Å². The molecule has 0 fully saturated rings. The predicted molar refractivity (Wildman–Crippen MR) is 56.8 cm³/mol. The Labute approximate surface area is 93.5 Å². The van der Waals surface area contributed by atoms with E-state index < -0.39 is 11.7 Å². The number of benzene rings is 1. The summed E-state index contributed by atoms with van der Waals surface area (Å²) in [6, 6.07) is 4.33. The van der Waals surface area contributed by atoms with Gasteiger partial charge in [-0.3, -0.25) is 0 Å². The van der Waals surface area contributed by atoms with Crippen molar-refractivity contribution < 1.29 is 19.3 Å². The van der Waals surface area contributed by atoms with Crippen LogP contribution in [0.2, 0.25) is 0 Å². The molecular formula is C12H15FO3. The number of halogens is 1. The molecule has 1 aliphatic heterocycles. The number of fused-ring (bicyclic) bond motifs is 1. The number of hydrogen-bond acceptors (Lipinski definition) is 3. The van der Waals surface area contributed by atoms with E-state index in [4.69, 9.17) is 9.84 Å². The van der Waals surface area contributed by atoms with E-state index in [2.05, 4.69) is 0 Å². The molecule has 1 unspecified atom stereocenters. The zero-order chi connectivity index (χ0) is 11.8. The minimum absolute atomic E-state index is 0.283. The van der Waals surface area contributed by atoms with Crippen molar-refractivity contribution in [3.63, 3.8) is 0 Å². The first kappa shape index (κ1) is 11.4. The molecule has 16 heavy (non-hydrogen) atoms. The van der Waals surface area contributed by atoms with Crippen molar-refractivity contribution in [2.45, 2.75) is 31.5 Å². The standard InChI is InChI=1S/C12H15FO3/c1-12(15,7-14)11-5-2-8-6-9(13)3-4-10(8)16-11/h3-4,6,11,14-15H,2,5,7H2,1H3/t11-,12?/m1/s1. The second-order valence-corrected chi connectivity index (χ2v) is 4.41. The molecule has 1 heterocycles. The molecule has 0 amide bonds. The minimum atomic E-state index is -1.26. The predicted octanol–water partition coefficient (Wildman–Crippen LogP) is 1.26. The Morgan fingerprint density at radius 2 is 2.31 bits per heavy atom. The van der Waals surface area contributed by atoms with Crippen molar-refractivity contribution >= 4 is 0 Å². The summed E-state index contributed by atoms with van der Waals surface area (Å²) in [5.41, 5.74) is -0.448. The van der Waals surface area contributed by atoms with E-state index in [1.807, 2.05) is 0 Å². The molecule has 2 atom stereocenters. The second kappa shape index (κ2) is 4.03. The van der Waals surface area contributed by atoms with Gasteiger partial charge in [-0.1, -0.05) is 0 Å². The summed E-state index contributed by atoms with van der Waals surface area (Å²) < 4.78 is 18.5. The van der Waals surface area contributed by atoms with Gasteiger partial charge >= 0.3 is 0 Å². The van der Waals surface area contributed by atoms with Gasteiger partial charge in [0.2, 0.25) is 0 Å². The SMILES string of the molecule is CC(O)(CO)[C@H]1CCc2cc(F)ccc2O1. The Kier molecular flexibility index (Phi) is 2.86. The van der Waals surface area contributed by atoms with Crippen LogP contribution in [0, 0.1) is 5.82 Å². The van der Waals surface area contributed by atoms with Gasteiger partial charge in [0.25, 0.3) is 0 Å². The van der Waals surface area contributed by atoms with Crippen LogP contribution < -0.4 is 4.74 Å². The van der Waals surface area contributed by atoms with Crippen molar-refractivity contribution in [3.8, 4) is 5.75 Å². The largest absolute Gasteiger partial charge is 0.487 e. The number of rotatable bonds is 2. The molecule has 0 radical (unpaired) electrons. The van der Waals surface area contributed by atoms with Crippen LogP contribution in [0.3, 0.4) is 0 Å². The lowest BCUT2D eigenvalue weighted by Crippen LogP contribution is -2.47. The Hall–Kier alpha value is -1.13. The van der Waals surface area contributed by atoms with Gasteiger partial charge in [-0.2, -0.15) is 0 Å². The average Bonchev–Trinajstić information content (AvgIpc) is 2.28. The van der Waals surface area contributed by atoms with Gasteiger partial charge in [-0.25, -0.2) is 4.39 Å². The number of hydrogen-bond donors (Lipinski definition) is 2. The lowest BCUT2D eigenvalue weighted by atomic mass is 9.91. The van der Waals surface area contributed by atoms with Gasteiger partial charge in [0, 0.05) is 0 Å². The lowest BCUT2D eigenvalue weighted by molar-refractivity contribution is -0.0872. The molecule has 0 aliphatic carbocycles. The number of aryl methyl sites for hydroxylation is 1. The van der Waals surface area contributed by atoms with Crippen LogP contribution in [-0.2, 0) is 6.42 Å². The van der Waals surface area contributed by atoms with Gasteiger partial charge in [0.15, 0.2) is 0 Å². The van der Waals surface area contributed by atoms with Crippen LogP contribution in [-0.4, -0.2) is 28.5 Å². The molecule has 2 N–H and O–H groups in total. The maximum Gasteiger partial charge on any atom is 0.130 e. The fourth-order valence-corrected chi connectivity index (χ4v) is 1.90. The summed E-state index contributed by atoms with van der Waals surface area (Å²) in [6.07, 6.45) is 0.772. The van der Waals surface area contributed by atoms with Gasteiger partial charge in [-0.15, -0.1) is 0 Å². The molecule has 2 rings (SSSR count). The fraction of sp³-hybridized carbons (Fsp3) is 0.500. The average molecular weight is 226 g/mol. The third-order valence-corrected chi connectivity index (χ3v) is 2.98. The first-order valence-electron chi connectivity index (χ1n) is 5.31. The van der Waals surface area contributed by atoms with Crippen LogP contribution in [0.25, 0.3) is 0 Å². The van der Waals surface area contributed by atoms with Crippen LogP contribution in [0.4, 0.5) is 4.39 Å². The minimum Gasteiger partial charge on any atom is -0.487 e. The molecule has 1 aliphatic rings. The molecule has 0 bridgehead atoms. The Morgan fingerprint density at radius 3 is 3.00 bits per heavy atom. The first-order chi connectivity index (χ1) is 7.53. The molecule has 0 spiro atoms.